The van der Waals surface area contributed by atoms with Crippen LogP contribution >= 0.6 is 11.8 Å². The van der Waals surface area contributed by atoms with E-state index in [1.54, 1.807) is 6.07 Å². The van der Waals surface area contributed by atoms with Crippen molar-refractivity contribution in [3.8, 4) is 5.75 Å². The molecule has 0 spiro atoms. The fraction of sp³-hybridized carbons (Fsp3) is 0.538. The van der Waals surface area contributed by atoms with E-state index in [9.17, 15) is 4.39 Å². The molecule has 0 bridgehead atoms. The summed E-state index contributed by atoms with van der Waals surface area (Å²) < 4.78 is 18.6. The fourth-order valence-electron chi connectivity index (χ4n) is 1.95. The van der Waals surface area contributed by atoms with E-state index < -0.39 is 0 Å². The van der Waals surface area contributed by atoms with Crippen LogP contribution in [-0.2, 0) is 0 Å². The quantitative estimate of drug-likeness (QED) is 0.889. The van der Waals surface area contributed by atoms with Crippen molar-refractivity contribution >= 4 is 17.4 Å². The second-order valence-electron chi connectivity index (χ2n) is 4.10. The van der Waals surface area contributed by atoms with Gasteiger partial charge in [-0.3, -0.25) is 0 Å². The summed E-state index contributed by atoms with van der Waals surface area (Å²) in [5.74, 6) is 2.76. The van der Waals surface area contributed by atoms with E-state index in [2.05, 4.69) is 5.32 Å². The van der Waals surface area contributed by atoms with E-state index in [1.807, 2.05) is 18.7 Å². The molecule has 1 aromatic rings. The maximum atomic E-state index is 13.1. The van der Waals surface area contributed by atoms with Crippen LogP contribution < -0.4 is 10.1 Å². The Hall–Kier alpha value is -0.900. The zero-order valence-electron chi connectivity index (χ0n) is 10.0. The second kappa shape index (κ2) is 6.15. The highest BCUT2D eigenvalue weighted by molar-refractivity contribution is 7.99. The summed E-state index contributed by atoms with van der Waals surface area (Å²) in [6, 6.07) is 5.18. The van der Waals surface area contributed by atoms with Gasteiger partial charge in [0.1, 0.15) is 11.6 Å². The maximum absolute atomic E-state index is 13.1. The third kappa shape index (κ3) is 3.53. The molecule has 4 heteroatoms. The van der Waals surface area contributed by atoms with Crippen molar-refractivity contribution in [2.24, 2.45) is 0 Å². The van der Waals surface area contributed by atoms with Crippen LogP contribution in [0, 0.1) is 5.82 Å². The molecule has 1 heterocycles. The highest BCUT2D eigenvalue weighted by Crippen LogP contribution is 2.28. The van der Waals surface area contributed by atoms with Gasteiger partial charge in [-0.25, -0.2) is 4.39 Å². The summed E-state index contributed by atoms with van der Waals surface area (Å²) in [5, 5.41) is 3.46. The summed E-state index contributed by atoms with van der Waals surface area (Å²) in [5.41, 5.74) is 0.908. The molecule has 1 fully saturated rings. The van der Waals surface area contributed by atoms with Gasteiger partial charge in [-0.05, 0) is 43.4 Å². The Morgan fingerprint density at radius 1 is 1.41 bits per heavy atom. The summed E-state index contributed by atoms with van der Waals surface area (Å²) >= 11 is 1.99. The number of anilines is 1. The Kier molecular flexibility index (Phi) is 4.54. The van der Waals surface area contributed by atoms with Crippen LogP contribution in [0.25, 0.3) is 0 Å². The van der Waals surface area contributed by atoms with Gasteiger partial charge in [-0.15, -0.1) is 0 Å². The van der Waals surface area contributed by atoms with E-state index in [1.165, 1.54) is 23.6 Å². The third-order valence-corrected chi connectivity index (χ3v) is 3.87. The highest BCUT2D eigenvalue weighted by Gasteiger charge is 2.15. The van der Waals surface area contributed by atoms with E-state index >= 15 is 0 Å². The average Bonchev–Trinajstić information content (AvgIpc) is 2.34. The smallest absolute Gasteiger partial charge is 0.145 e. The van der Waals surface area contributed by atoms with Crippen LogP contribution in [0.2, 0.25) is 0 Å². The molecule has 1 aliphatic rings. The van der Waals surface area contributed by atoms with Crippen LogP contribution in [0.4, 0.5) is 10.1 Å². The molecule has 0 atom stereocenters. The van der Waals surface area contributed by atoms with Crippen LogP contribution in [0.3, 0.4) is 0 Å². The summed E-state index contributed by atoms with van der Waals surface area (Å²) in [6.07, 6.45) is 2.32. The fourth-order valence-corrected chi connectivity index (χ4v) is 3.06. The molecule has 17 heavy (non-hydrogen) atoms. The minimum atomic E-state index is -0.252. The monoisotopic (exact) mass is 255 g/mol. The third-order valence-electron chi connectivity index (χ3n) is 2.82. The molecule has 1 aromatic carbocycles. The van der Waals surface area contributed by atoms with Crippen molar-refractivity contribution in [1.82, 2.24) is 0 Å². The lowest BCUT2D eigenvalue weighted by Crippen LogP contribution is -2.24. The highest BCUT2D eigenvalue weighted by atomic mass is 32.2. The predicted octanol–water partition coefficient (Wildman–Crippen LogP) is 3.53. The minimum absolute atomic E-state index is 0.252. The molecule has 0 unspecified atom stereocenters. The number of benzene rings is 1. The van der Waals surface area contributed by atoms with Gasteiger partial charge in [0, 0.05) is 12.1 Å². The zero-order valence-corrected chi connectivity index (χ0v) is 10.9. The molecule has 0 aromatic heterocycles. The van der Waals surface area contributed by atoms with Gasteiger partial charge in [0.2, 0.25) is 0 Å². The second-order valence-corrected chi connectivity index (χ2v) is 5.33. The van der Waals surface area contributed by atoms with Crippen LogP contribution in [0.1, 0.15) is 19.8 Å². The Bertz CT molecular complexity index is 366. The Morgan fingerprint density at radius 3 is 2.88 bits per heavy atom. The van der Waals surface area contributed by atoms with Crippen molar-refractivity contribution in [3.63, 3.8) is 0 Å². The minimum Gasteiger partial charge on any atom is -0.492 e. The van der Waals surface area contributed by atoms with Crippen LogP contribution in [0.15, 0.2) is 18.2 Å². The lowest BCUT2D eigenvalue weighted by molar-refractivity contribution is 0.339. The van der Waals surface area contributed by atoms with E-state index in [0.29, 0.717) is 18.4 Å². The Morgan fingerprint density at radius 2 is 2.18 bits per heavy atom. The molecule has 0 radical (unpaired) electrons. The Balaban J connectivity index is 2.07. The zero-order chi connectivity index (χ0) is 12.1. The molecule has 2 rings (SSSR count). The number of hydrogen-bond acceptors (Lipinski definition) is 3. The van der Waals surface area contributed by atoms with Crippen molar-refractivity contribution in [3.05, 3.63) is 24.0 Å². The predicted molar refractivity (Wildman–Crippen MR) is 71.5 cm³/mol. The topological polar surface area (TPSA) is 21.3 Å². The van der Waals surface area contributed by atoms with E-state index in [4.69, 9.17) is 4.74 Å². The van der Waals surface area contributed by atoms with E-state index in [0.717, 1.165) is 18.5 Å². The first-order chi connectivity index (χ1) is 8.29. The number of thioether (sulfide) groups is 1. The molecule has 0 saturated carbocycles. The van der Waals surface area contributed by atoms with Crippen LogP contribution in [-0.4, -0.2) is 24.2 Å². The molecular formula is C13H18FNOS. The first-order valence-electron chi connectivity index (χ1n) is 6.06. The first-order valence-corrected chi connectivity index (χ1v) is 7.21. The molecule has 1 saturated heterocycles. The number of rotatable bonds is 4. The van der Waals surface area contributed by atoms with Gasteiger partial charge in [-0.2, -0.15) is 11.8 Å². The van der Waals surface area contributed by atoms with Crippen molar-refractivity contribution in [2.45, 2.75) is 25.8 Å². The van der Waals surface area contributed by atoms with Gasteiger partial charge < -0.3 is 10.1 Å². The summed E-state index contributed by atoms with van der Waals surface area (Å²) in [7, 11) is 0. The SMILES string of the molecule is CCOc1cc(F)ccc1NC1CCSCC1. The molecule has 1 aliphatic heterocycles. The standard InChI is InChI=1S/C13H18FNOS/c1-2-16-13-9-10(14)3-4-12(13)15-11-5-7-17-8-6-11/h3-4,9,11,15H,2,5-8H2,1H3. The maximum Gasteiger partial charge on any atom is 0.145 e. The molecular weight excluding hydrogens is 237 g/mol. The van der Waals surface area contributed by atoms with Gasteiger partial charge in [-0.1, -0.05) is 0 Å². The lowest BCUT2D eigenvalue weighted by Gasteiger charge is -2.24. The molecule has 2 nitrogen and oxygen atoms in total. The Labute approximate surface area is 106 Å². The molecule has 0 amide bonds. The first kappa shape index (κ1) is 12.6. The van der Waals surface area contributed by atoms with E-state index in [-0.39, 0.29) is 5.82 Å². The number of nitrogens with one attached hydrogen (secondary N) is 1. The number of hydrogen-bond donors (Lipinski definition) is 1. The van der Waals surface area contributed by atoms with Crippen LogP contribution in [0.5, 0.6) is 5.75 Å². The number of halogens is 1. The lowest BCUT2D eigenvalue weighted by atomic mass is 10.1. The van der Waals surface area contributed by atoms with Gasteiger partial charge in [0.25, 0.3) is 0 Å². The molecule has 94 valence electrons. The van der Waals surface area contributed by atoms with Crippen molar-refractivity contribution < 1.29 is 9.13 Å². The summed E-state index contributed by atoms with van der Waals surface area (Å²) in [6.45, 7) is 2.46. The van der Waals surface area contributed by atoms with Gasteiger partial charge in [0.15, 0.2) is 0 Å². The molecule has 1 N–H and O–H groups in total. The van der Waals surface area contributed by atoms with Crippen molar-refractivity contribution in [1.29, 1.82) is 0 Å². The number of ether oxygens (including phenoxy) is 1. The summed E-state index contributed by atoms with van der Waals surface area (Å²) in [4.78, 5) is 0. The largest absolute Gasteiger partial charge is 0.492 e. The normalized spacial score (nSPS) is 16.8. The van der Waals surface area contributed by atoms with Gasteiger partial charge in [0.05, 0.1) is 12.3 Å². The van der Waals surface area contributed by atoms with Gasteiger partial charge >= 0.3 is 0 Å². The average molecular weight is 255 g/mol. The van der Waals surface area contributed by atoms with Crippen molar-refractivity contribution in [2.75, 3.05) is 23.4 Å². The molecule has 0 aliphatic carbocycles.